The van der Waals surface area contributed by atoms with E-state index in [1.54, 1.807) is 18.2 Å². The quantitative estimate of drug-likeness (QED) is 0.674. The number of benzene rings is 2. The van der Waals surface area contributed by atoms with Gasteiger partial charge in [0.2, 0.25) is 0 Å². The maximum atomic E-state index is 12.8. The molecule has 0 aromatic heterocycles. The lowest BCUT2D eigenvalue weighted by atomic mass is 9.74. The molecule has 1 aliphatic carbocycles. The molecule has 0 bridgehead atoms. The summed E-state index contributed by atoms with van der Waals surface area (Å²) < 4.78 is 12.0. The van der Waals surface area contributed by atoms with Gasteiger partial charge in [-0.3, -0.25) is 13.8 Å². The van der Waals surface area contributed by atoms with Crippen LogP contribution in [0.15, 0.2) is 47.4 Å². The van der Waals surface area contributed by atoms with Crippen molar-refractivity contribution in [3.63, 3.8) is 0 Å². The van der Waals surface area contributed by atoms with Crippen molar-refractivity contribution in [1.82, 2.24) is 0 Å². The second-order valence-corrected chi connectivity index (χ2v) is 8.87. The number of carbonyl (C=O) groups excluding carboxylic acids is 2. The van der Waals surface area contributed by atoms with E-state index in [2.05, 4.69) is 0 Å². The second kappa shape index (κ2) is 8.03. The first-order chi connectivity index (χ1) is 12.4. The van der Waals surface area contributed by atoms with E-state index >= 15 is 0 Å². The summed E-state index contributed by atoms with van der Waals surface area (Å²) in [5.74, 6) is -0.938. The highest BCUT2D eigenvalue weighted by molar-refractivity contribution is 7.85. The van der Waals surface area contributed by atoms with E-state index < -0.39 is 16.7 Å². The van der Waals surface area contributed by atoms with E-state index in [-0.39, 0.29) is 30.3 Å². The van der Waals surface area contributed by atoms with Crippen LogP contribution in [0.3, 0.4) is 0 Å². The summed E-state index contributed by atoms with van der Waals surface area (Å²) in [5, 5.41) is 0.672. The first-order valence-electron chi connectivity index (χ1n) is 8.40. The Morgan fingerprint density at radius 2 is 1.58 bits per heavy atom. The molecule has 0 N–H and O–H groups in total. The van der Waals surface area contributed by atoms with E-state index in [0.29, 0.717) is 21.4 Å². The first kappa shape index (κ1) is 19.3. The molecule has 1 atom stereocenters. The molecule has 2 aromatic carbocycles. The summed E-state index contributed by atoms with van der Waals surface area (Å²) in [6, 6.07) is 12.3. The second-order valence-electron chi connectivity index (χ2n) is 6.31. The van der Waals surface area contributed by atoms with Gasteiger partial charge in [-0.15, -0.1) is 0 Å². The Morgan fingerprint density at radius 1 is 1.00 bits per heavy atom. The molecule has 0 saturated heterocycles. The van der Waals surface area contributed by atoms with Crippen molar-refractivity contribution in [1.29, 1.82) is 0 Å². The third-order valence-electron chi connectivity index (χ3n) is 4.68. The highest BCUT2D eigenvalue weighted by Crippen LogP contribution is 2.41. The van der Waals surface area contributed by atoms with Gasteiger partial charge in [0.1, 0.15) is 17.5 Å². The highest BCUT2D eigenvalue weighted by Gasteiger charge is 2.39. The van der Waals surface area contributed by atoms with Gasteiger partial charge in [-0.05, 0) is 35.7 Å². The molecule has 3 rings (SSSR count). The Morgan fingerprint density at radius 3 is 2.15 bits per heavy atom. The van der Waals surface area contributed by atoms with Gasteiger partial charge in [0.15, 0.2) is 0 Å². The molecule has 1 saturated carbocycles. The molecule has 1 unspecified atom stereocenters. The third kappa shape index (κ3) is 3.78. The maximum Gasteiger partial charge on any atom is 0.148 e. The molecule has 0 heterocycles. The SMILES string of the molecule is CCS(=O)c1cccc(C2CC(=O)C(c3c(Cl)cccc3Cl)C(=O)C2)c1. The fourth-order valence-electron chi connectivity index (χ4n) is 3.39. The number of rotatable bonds is 4. The number of ketones is 2. The van der Waals surface area contributed by atoms with Crippen LogP contribution in [-0.4, -0.2) is 21.5 Å². The Labute approximate surface area is 165 Å². The standard InChI is InChI=1S/C20H18Cl2O3S/c1-2-26(25)14-6-3-5-12(9-14)13-10-17(23)20(18(24)11-13)19-15(21)7-4-8-16(19)22/h3-9,13,20H,2,10-11H2,1H3. The highest BCUT2D eigenvalue weighted by atomic mass is 35.5. The minimum Gasteiger partial charge on any atom is -0.298 e. The van der Waals surface area contributed by atoms with Crippen LogP contribution in [-0.2, 0) is 20.4 Å². The number of Topliss-reactive ketones (excluding diaryl/α,β-unsaturated/α-hetero) is 2. The Hall–Kier alpha value is -1.49. The van der Waals surface area contributed by atoms with Crippen LogP contribution in [0.1, 0.15) is 42.7 Å². The lowest BCUT2D eigenvalue weighted by Crippen LogP contribution is -2.31. The normalized spacial score (nSPS) is 21.7. The summed E-state index contributed by atoms with van der Waals surface area (Å²) in [4.78, 5) is 26.3. The molecule has 26 heavy (non-hydrogen) atoms. The van der Waals surface area contributed by atoms with Crippen molar-refractivity contribution in [3.8, 4) is 0 Å². The van der Waals surface area contributed by atoms with Gasteiger partial charge in [0.05, 0.1) is 10.8 Å². The van der Waals surface area contributed by atoms with Crippen LogP contribution >= 0.6 is 23.2 Å². The van der Waals surface area contributed by atoms with Crippen LogP contribution in [0.25, 0.3) is 0 Å². The van der Waals surface area contributed by atoms with Gasteiger partial charge < -0.3 is 0 Å². The maximum absolute atomic E-state index is 12.8. The smallest absolute Gasteiger partial charge is 0.148 e. The zero-order chi connectivity index (χ0) is 18.8. The molecule has 3 nitrogen and oxygen atoms in total. The predicted molar refractivity (Wildman–Crippen MR) is 105 cm³/mol. The van der Waals surface area contributed by atoms with Crippen molar-refractivity contribution in [2.45, 2.75) is 36.5 Å². The molecule has 0 spiro atoms. The van der Waals surface area contributed by atoms with E-state index in [1.807, 2.05) is 31.2 Å². The lowest BCUT2D eigenvalue weighted by molar-refractivity contribution is -0.132. The Bertz CT molecular complexity index is 856. The average Bonchev–Trinajstić information content (AvgIpc) is 2.62. The number of hydrogen-bond donors (Lipinski definition) is 0. The van der Waals surface area contributed by atoms with Crippen LogP contribution in [0.2, 0.25) is 10.0 Å². The molecule has 0 aliphatic heterocycles. The Kier molecular flexibility index (Phi) is 5.96. The van der Waals surface area contributed by atoms with E-state index in [9.17, 15) is 13.8 Å². The van der Waals surface area contributed by atoms with E-state index in [1.165, 1.54) is 0 Å². The summed E-state index contributed by atoms with van der Waals surface area (Å²) in [7, 11) is -1.07. The predicted octanol–water partition coefficient (Wildman–Crippen LogP) is 4.92. The largest absolute Gasteiger partial charge is 0.298 e. The summed E-state index contributed by atoms with van der Waals surface area (Å²) >= 11 is 12.4. The van der Waals surface area contributed by atoms with Crippen LogP contribution < -0.4 is 0 Å². The minimum absolute atomic E-state index is 0.178. The van der Waals surface area contributed by atoms with Crippen molar-refractivity contribution >= 4 is 45.6 Å². The van der Waals surface area contributed by atoms with Crippen molar-refractivity contribution < 1.29 is 13.8 Å². The fraction of sp³-hybridized carbons (Fsp3) is 0.300. The average molecular weight is 409 g/mol. The summed E-state index contributed by atoms with van der Waals surface area (Å²) in [6.45, 7) is 1.86. The van der Waals surface area contributed by atoms with Gasteiger partial charge in [-0.2, -0.15) is 0 Å². The van der Waals surface area contributed by atoms with Gasteiger partial charge in [0.25, 0.3) is 0 Å². The van der Waals surface area contributed by atoms with E-state index in [0.717, 1.165) is 10.5 Å². The Balaban J connectivity index is 1.89. The molecule has 6 heteroatoms. The molecule has 0 radical (unpaired) electrons. The third-order valence-corrected chi connectivity index (χ3v) is 6.65. The monoisotopic (exact) mass is 408 g/mol. The van der Waals surface area contributed by atoms with Crippen molar-refractivity contribution in [2.75, 3.05) is 5.75 Å². The van der Waals surface area contributed by atoms with Gasteiger partial charge in [-0.1, -0.05) is 48.3 Å². The minimum atomic E-state index is -1.07. The van der Waals surface area contributed by atoms with Gasteiger partial charge >= 0.3 is 0 Å². The number of carbonyl (C=O) groups is 2. The van der Waals surface area contributed by atoms with Crippen LogP contribution in [0.5, 0.6) is 0 Å². The van der Waals surface area contributed by atoms with Crippen LogP contribution in [0, 0.1) is 0 Å². The molecule has 1 fully saturated rings. The molecule has 136 valence electrons. The van der Waals surface area contributed by atoms with Crippen molar-refractivity contribution in [2.24, 2.45) is 0 Å². The molecule has 1 aliphatic rings. The topological polar surface area (TPSA) is 51.2 Å². The zero-order valence-electron chi connectivity index (χ0n) is 14.2. The molecular weight excluding hydrogens is 391 g/mol. The molecule has 0 amide bonds. The van der Waals surface area contributed by atoms with Crippen LogP contribution in [0.4, 0.5) is 0 Å². The summed E-state index contributed by atoms with van der Waals surface area (Å²) in [5.41, 5.74) is 1.28. The van der Waals surface area contributed by atoms with Crippen molar-refractivity contribution in [3.05, 3.63) is 63.6 Å². The number of hydrogen-bond acceptors (Lipinski definition) is 3. The zero-order valence-corrected chi connectivity index (χ0v) is 16.5. The van der Waals surface area contributed by atoms with Gasteiger partial charge in [0, 0.05) is 39.1 Å². The first-order valence-corrected chi connectivity index (χ1v) is 10.5. The summed E-state index contributed by atoms with van der Waals surface area (Å²) in [6.07, 6.45) is 0.473. The fourth-order valence-corrected chi connectivity index (χ4v) is 4.84. The van der Waals surface area contributed by atoms with Gasteiger partial charge in [-0.25, -0.2) is 0 Å². The van der Waals surface area contributed by atoms with E-state index in [4.69, 9.17) is 23.2 Å². The number of halogens is 2. The lowest BCUT2D eigenvalue weighted by Gasteiger charge is -2.28. The molecular formula is C20H18Cl2O3S. The molecule has 2 aromatic rings.